The summed E-state index contributed by atoms with van der Waals surface area (Å²) in [6.07, 6.45) is -0.610. The fourth-order valence-corrected chi connectivity index (χ4v) is 3.12. The highest BCUT2D eigenvalue weighted by molar-refractivity contribution is 5.81. The highest BCUT2D eigenvalue weighted by Gasteiger charge is 2.21. The highest BCUT2D eigenvalue weighted by Crippen LogP contribution is 2.24. The SMILES string of the molecule is COc1ccc(C(NC(=O)C(C)OCc2cccc(OC)c2)c2ccccc2)cc1. The van der Waals surface area contributed by atoms with Gasteiger partial charge in [-0.1, -0.05) is 54.6 Å². The molecule has 3 aromatic carbocycles. The first-order chi connectivity index (χ1) is 14.6. The summed E-state index contributed by atoms with van der Waals surface area (Å²) < 4.78 is 16.3. The Bertz CT molecular complexity index is 941. The Morgan fingerprint density at radius 2 is 1.50 bits per heavy atom. The molecule has 0 aliphatic rings. The molecule has 156 valence electrons. The van der Waals surface area contributed by atoms with Crippen molar-refractivity contribution in [1.29, 1.82) is 0 Å². The molecule has 1 N–H and O–H groups in total. The lowest BCUT2D eigenvalue weighted by Gasteiger charge is -2.22. The smallest absolute Gasteiger partial charge is 0.249 e. The number of carbonyl (C=O) groups is 1. The van der Waals surface area contributed by atoms with E-state index in [1.54, 1.807) is 21.1 Å². The van der Waals surface area contributed by atoms with Crippen LogP contribution >= 0.6 is 0 Å². The van der Waals surface area contributed by atoms with E-state index >= 15 is 0 Å². The van der Waals surface area contributed by atoms with Gasteiger partial charge in [-0.15, -0.1) is 0 Å². The van der Waals surface area contributed by atoms with E-state index in [1.807, 2.05) is 78.9 Å². The van der Waals surface area contributed by atoms with Crippen LogP contribution < -0.4 is 14.8 Å². The second-order valence-electron chi connectivity index (χ2n) is 6.93. The first-order valence-electron chi connectivity index (χ1n) is 9.84. The van der Waals surface area contributed by atoms with Gasteiger partial charge in [-0.3, -0.25) is 4.79 Å². The molecule has 2 unspecified atom stereocenters. The van der Waals surface area contributed by atoms with Crippen molar-refractivity contribution < 1.29 is 19.0 Å². The molecule has 0 radical (unpaired) electrons. The van der Waals surface area contributed by atoms with Crippen LogP contribution in [0.15, 0.2) is 78.9 Å². The molecule has 3 rings (SSSR count). The minimum Gasteiger partial charge on any atom is -0.497 e. The normalized spacial score (nSPS) is 12.6. The molecule has 0 saturated carbocycles. The van der Waals surface area contributed by atoms with Gasteiger partial charge in [-0.25, -0.2) is 0 Å². The third-order valence-corrected chi connectivity index (χ3v) is 4.87. The highest BCUT2D eigenvalue weighted by atomic mass is 16.5. The number of hydrogen-bond acceptors (Lipinski definition) is 4. The number of ether oxygens (including phenoxy) is 3. The van der Waals surface area contributed by atoms with Crippen LogP contribution in [-0.2, 0) is 16.1 Å². The summed E-state index contributed by atoms with van der Waals surface area (Å²) in [5.74, 6) is 1.35. The van der Waals surface area contributed by atoms with Crippen molar-refractivity contribution in [3.05, 3.63) is 95.6 Å². The zero-order valence-corrected chi connectivity index (χ0v) is 17.5. The van der Waals surface area contributed by atoms with Crippen LogP contribution in [0.2, 0.25) is 0 Å². The van der Waals surface area contributed by atoms with Gasteiger partial charge < -0.3 is 19.5 Å². The Hall–Kier alpha value is -3.31. The molecule has 30 heavy (non-hydrogen) atoms. The largest absolute Gasteiger partial charge is 0.497 e. The molecule has 0 aromatic heterocycles. The topological polar surface area (TPSA) is 56.8 Å². The number of amides is 1. The van der Waals surface area contributed by atoms with Crippen molar-refractivity contribution in [3.8, 4) is 11.5 Å². The molecule has 3 aromatic rings. The Morgan fingerprint density at radius 3 is 2.17 bits per heavy atom. The van der Waals surface area contributed by atoms with Gasteiger partial charge in [0.15, 0.2) is 0 Å². The van der Waals surface area contributed by atoms with Crippen molar-refractivity contribution in [1.82, 2.24) is 5.32 Å². The van der Waals surface area contributed by atoms with Gasteiger partial charge in [0.1, 0.15) is 17.6 Å². The van der Waals surface area contributed by atoms with Crippen LogP contribution in [0, 0.1) is 0 Å². The maximum atomic E-state index is 12.9. The van der Waals surface area contributed by atoms with E-state index in [4.69, 9.17) is 14.2 Å². The predicted molar refractivity (Wildman–Crippen MR) is 117 cm³/mol. The lowest BCUT2D eigenvalue weighted by atomic mass is 9.98. The third-order valence-electron chi connectivity index (χ3n) is 4.87. The molecule has 1 amide bonds. The van der Waals surface area contributed by atoms with Crippen molar-refractivity contribution in [3.63, 3.8) is 0 Å². The molecule has 0 aliphatic heterocycles. The Kier molecular flexibility index (Phi) is 7.46. The van der Waals surface area contributed by atoms with E-state index in [0.717, 1.165) is 28.2 Å². The Balaban J connectivity index is 1.70. The van der Waals surface area contributed by atoms with Crippen LogP contribution in [0.3, 0.4) is 0 Å². The van der Waals surface area contributed by atoms with Crippen LogP contribution in [-0.4, -0.2) is 26.2 Å². The van der Waals surface area contributed by atoms with Gasteiger partial charge in [0.05, 0.1) is 26.9 Å². The number of carbonyl (C=O) groups excluding carboxylic acids is 1. The number of hydrogen-bond donors (Lipinski definition) is 1. The third kappa shape index (κ3) is 5.61. The maximum absolute atomic E-state index is 12.9. The first-order valence-corrected chi connectivity index (χ1v) is 9.84. The molecule has 0 heterocycles. The van der Waals surface area contributed by atoms with Gasteiger partial charge >= 0.3 is 0 Å². The standard InChI is InChI=1S/C25H27NO4/c1-18(30-17-19-8-7-11-23(16-19)29-3)25(27)26-24(20-9-5-4-6-10-20)21-12-14-22(28-2)15-13-21/h4-16,18,24H,17H2,1-3H3,(H,26,27). The quantitative estimate of drug-likeness (QED) is 0.569. The summed E-state index contributed by atoms with van der Waals surface area (Å²) in [6.45, 7) is 2.08. The second kappa shape index (κ2) is 10.5. The van der Waals surface area contributed by atoms with Crippen LogP contribution in [0.5, 0.6) is 11.5 Å². The fraction of sp³-hybridized carbons (Fsp3) is 0.240. The summed E-state index contributed by atoms with van der Waals surface area (Å²) >= 11 is 0. The van der Waals surface area contributed by atoms with Gasteiger partial charge in [0.2, 0.25) is 5.91 Å². The van der Waals surface area contributed by atoms with Crippen molar-refractivity contribution in [2.75, 3.05) is 14.2 Å². The molecule has 2 atom stereocenters. The van der Waals surface area contributed by atoms with E-state index in [1.165, 1.54) is 0 Å². The number of methoxy groups -OCH3 is 2. The Labute approximate surface area is 177 Å². The van der Waals surface area contributed by atoms with E-state index in [0.29, 0.717) is 6.61 Å². The van der Waals surface area contributed by atoms with Crippen molar-refractivity contribution in [2.24, 2.45) is 0 Å². The monoisotopic (exact) mass is 405 g/mol. The average Bonchev–Trinajstić information content (AvgIpc) is 2.81. The average molecular weight is 405 g/mol. The lowest BCUT2D eigenvalue weighted by Crippen LogP contribution is -2.37. The molecular formula is C25H27NO4. The van der Waals surface area contributed by atoms with Crippen molar-refractivity contribution in [2.45, 2.75) is 25.7 Å². The number of nitrogens with one attached hydrogen (secondary N) is 1. The van der Waals surface area contributed by atoms with Crippen LogP contribution in [0.25, 0.3) is 0 Å². The van der Waals surface area contributed by atoms with Gasteiger partial charge in [-0.2, -0.15) is 0 Å². The molecule has 5 heteroatoms. The predicted octanol–water partition coefficient (Wildman–Crippen LogP) is 4.51. The number of rotatable bonds is 9. The Morgan fingerprint density at radius 1 is 0.833 bits per heavy atom. The van der Waals surface area contributed by atoms with E-state index < -0.39 is 6.10 Å². The molecule has 0 aliphatic carbocycles. The molecule has 0 spiro atoms. The van der Waals surface area contributed by atoms with Crippen LogP contribution in [0.4, 0.5) is 0 Å². The molecule has 0 fully saturated rings. The summed E-state index contributed by atoms with van der Waals surface area (Å²) in [5, 5.41) is 3.12. The fourth-order valence-electron chi connectivity index (χ4n) is 3.12. The minimum atomic E-state index is -0.610. The van der Waals surface area contributed by atoms with E-state index in [-0.39, 0.29) is 11.9 Å². The van der Waals surface area contributed by atoms with E-state index in [2.05, 4.69) is 5.32 Å². The minimum absolute atomic E-state index is 0.178. The summed E-state index contributed by atoms with van der Waals surface area (Å²) in [4.78, 5) is 12.9. The molecule has 0 bridgehead atoms. The summed E-state index contributed by atoms with van der Waals surface area (Å²) in [5.41, 5.74) is 2.91. The van der Waals surface area contributed by atoms with Crippen molar-refractivity contribution >= 4 is 5.91 Å². The zero-order chi connectivity index (χ0) is 21.3. The first kappa shape index (κ1) is 21.4. The number of benzene rings is 3. The van der Waals surface area contributed by atoms with Gasteiger partial charge in [0, 0.05) is 0 Å². The van der Waals surface area contributed by atoms with E-state index in [9.17, 15) is 4.79 Å². The molecule has 0 saturated heterocycles. The van der Waals surface area contributed by atoms with Gasteiger partial charge in [-0.05, 0) is 47.9 Å². The molecular weight excluding hydrogens is 378 g/mol. The maximum Gasteiger partial charge on any atom is 0.249 e. The molecule has 5 nitrogen and oxygen atoms in total. The van der Waals surface area contributed by atoms with Crippen LogP contribution in [0.1, 0.15) is 29.7 Å². The second-order valence-corrected chi connectivity index (χ2v) is 6.93. The summed E-state index contributed by atoms with van der Waals surface area (Å²) in [7, 11) is 3.26. The van der Waals surface area contributed by atoms with Gasteiger partial charge in [0.25, 0.3) is 0 Å². The lowest BCUT2D eigenvalue weighted by molar-refractivity contribution is -0.133. The zero-order valence-electron chi connectivity index (χ0n) is 17.5. The summed E-state index contributed by atoms with van der Waals surface area (Å²) in [6, 6.07) is 24.9.